The Morgan fingerprint density at radius 1 is 1.08 bits per heavy atom. The van der Waals surface area contributed by atoms with Crippen LogP contribution in [0.1, 0.15) is 86.0 Å². The molecule has 0 N–H and O–H groups in total. The molecule has 0 radical (unpaired) electrons. The minimum absolute atomic E-state index is 0.139. The van der Waals surface area contributed by atoms with Crippen LogP contribution in [0.2, 0.25) is 0 Å². The Labute approximate surface area is 147 Å². The highest BCUT2D eigenvalue weighted by molar-refractivity contribution is 5.82. The molecule has 2 saturated heterocycles. The molecule has 2 atom stereocenters. The zero-order chi connectivity index (χ0) is 17.9. The van der Waals surface area contributed by atoms with Crippen LogP contribution in [0.4, 0.5) is 4.79 Å². The van der Waals surface area contributed by atoms with E-state index in [1.807, 2.05) is 25.7 Å². The van der Waals surface area contributed by atoms with Gasteiger partial charge in [0.05, 0.1) is 0 Å². The van der Waals surface area contributed by atoms with Crippen molar-refractivity contribution < 1.29 is 14.3 Å². The van der Waals surface area contributed by atoms with Crippen LogP contribution in [-0.4, -0.2) is 34.5 Å². The van der Waals surface area contributed by atoms with Gasteiger partial charge in [0.1, 0.15) is 11.4 Å². The fraction of sp³-hybridized carbons (Fsp3) is 0.900. The van der Waals surface area contributed by atoms with Crippen LogP contribution in [0.25, 0.3) is 0 Å². The van der Waals surface area contributed by atoms with Crippen molar-refractivity contribution in [3.63, 3.8) is 0 Å². The van der Waals surface area contributed by atoms with Gasteiger partial charge in [0.15, 0.2) is 0 Å². The Bertz CT molecular complexity index is 436. The first kappa shape index (κ1) is 19.3. The summed E-state index contributed by atoms with van der Waals surface area (Å²) in [5, 5.41) is 0. The molecule has 4 nitrogen and oxygen atoms in total. The Balaban J connectivity index is 2.02. The summed E-state index contributed by atoms with van der Waals surface area (Å²) in [6, 6.07) is 0.367. The van der Waals surface area contributed by atoms with Crippen molar-refractivity contribution in [1.29, 1.82) is 0 Å². The molecule has 0 aromatic carbocycles. The van der Waals surface area contributed by atoms with Gasteiger partial charge in [-0.2, -0.15) is 0 Å². The molecular weight excluding hydrogens is 302 g/mol. The van der Waals surface area contributed by atoms with E-state index in [9.17, 15) is 9.59 Å². The quantitative estimate of drug-likeness (QED) is 0.713. The molecule has 0 spiro atoms. The maximum atomic E-state index is 12.7. The third kappa shape index (κ3) is 4.73. The van der Waals surface area contributed by atoms with Crippen LogP contribution in [0.3, 0.4) is 0 Å². The average Bonchev–Trinajstić information content (AvgIpc) is 2.49. The van der Waals surface area contributed by atoms with E-state index < -0.39 is 5.60 Å². The van der Waals surface area contributed by atoms with E-state index >= 15 is 0 Å². The smallest absolute Gasteiger partial charge is 0.410 e. The summed E-state index contributed by atoms with van der Waals surface area (Å²) in [5.74, 6) is 1.07. The van der Waals surface area contributed by atoms with E-state index in [0.29, 0.717) is 18.1 Å². The fourth-order valence-corrected chi connectivity index (χ4v) is 4.29. The van der Waals surface area contributed by atoms with E-state index in [1.54, 1.807) is 0 Å². The lowest BCUT2D eigenvalue weighted by molar-refractivity contribution is -0.128. The molecular formula is C20H35NO3. The second-order valence-corrected chi connectivity index (χ2v) is 8.65. The number of carbonyl (C=O) groups is 2. The Morgan fingerprint density at radius 3 is 2.08 bits per heavy atom. The highest BCUT2D eigenvalue weighted by atomic mass is 16.6. The number of amides is 1. The fourth-order valence-electron chi connectivity index (χ4n) is 4.29. The predicted molar refractivity (Wildman–Crippen MR) is 95.9 cm³/mol. The van der Waals surface area contributed by atoms with Crippen LogP contribution in [0, 0.1) is 11.8 Å². The van der Waals surface area contributed by atoms with Gasteiger partial charge in [-0.25, -0.2) is 4.79 Å². The van der Waals surface area contributed by atoms with Gasteiger partial charge in [0.25, 0.3) is 0 Å². The Morgan fingerprint density at radius 2 is 1.62 bits per heavy atom. The predicted octanol–water partition coefficient (Wildman–Crippen LogP) is 4.95. The van der Waals surface area contributed by atoms with Crippen molar-refractivity contribution in [1.82, 2.24) is 4.90 Å². The van der Waals surface area contributed by atoms with Gasteiger partial charge >= 0.3 is 6.09 Å². The van der Waals surface area contributed by atoms with Gasteiger partial charge < -0.3 is 9.64 Å². The SMILES string of the molecule is CCC(CC)CC(=O)C1CC2CCCC(C1)N2C(=O)OC(C)(C)C. The van der Waals surface area contributed by atoms with Crippen molar-refractivity contribution >= 4 is 11.9 Å². The summed E-state index contributed by atoms with van der Waals surface area (Å²) in [7, 11) is 0. The standard InChI is InChI=1S/C20H35NO3/c1-6-14(7-2)11-18(22)15-12-16-9-8-10-17(13-15)21(16)19(23)24-20(3,4)5/h14-17H,6-13H2,1-5H3. The van der Waals surface area contributed by atoms with Gasteiger partial charge in [-0.3, -0.25) is 4.79 Å². The molecule has 2 aliphatic rings. The van der Waals surface area contributed by atoms with Crippen molar-refractivity contribution in [2.24, 2.45) is 11.8 Å². The van der Waals surface area contributed by atoms with Gasteiger partial charge in [0, 0.05) is 24.4 Å². The molecule has 4 heteroatoms. The molecule has 138 valence electrons. The number of rotatable bonds is 5. The lowest BCUT2D eigenvalue weighted by Crippen LogP contribution is -2.56. The Hall–Kier alpha value is -1.06. The molecule has 2 rings (SSSR count). The molecule has 0 aliphatic carbocycles. The number of fused-ring (bicyclic) bond motifs is 2. The van der Waals surface area contributed by atoms with Crippen molar-refractivity contribution in [3.8, 4) is 0 Å². The van der Waals surface area contributed by atoms with Gasteiger partial charge in [-0.1, -0.05) is 26.7 Å². The summed E-state index contributed by atoms with van der Waals surface area (Å²) in [6.07, 6.45) is 7.49. The number of carbonyl (C=O) groups excluding carboxylic acids is 2. The minimum atomic E-state index is -0.465. The first-order valence-corrected chi connectivity index (χ1v) is 9.79. The monoisotopic (exact) mass is 337 g/mol. The first-order chi connectivity index (χ1) is 11.2. The van der Waals surface area contributed by atoms with Crippen LogP contribution >= 0.6 is 0 Å². The second kappa shape index (κ2) is 7.88. The maximum Gasteiger partial charge on any atom is 0.410 e. The highest BCUT2D eigenvalue weighted by Crippen LogP contribution is 2.39. The summed E-state index contributed by atoms with van der Waals surface area (Å²) >= 11 is 0. The first-order valence-electron chi connectivity index (χ1n) is 9.79. The highest BCUT2D eigenvalue weighted by Gasteiger charge is 2.44. The van der Waals surface area contributed by atoms with Crippen molar-refractivity contribution in [2.45, 2.75) is 104 Å². The minimum Gasteiger partial charge on any atom is -0.444 e. The number of hydrogen-bond acceptors (Lipinski definition) is 3. The van der Waals surface area contributed by atoms with Crippen molar-refractivity contribution in [2.75, 3.05) is 0 Å². The summed E-state index contributed by atoms with van der Waals surface area (Å²) in [6.45, 7) is 10.1. The number of nitrogens with zero attached hydrogens (tertiary/aromatic N) is 1. The molecule has 2 bridgehead atoms. The number of ether oxygens (including phenoxy) is 1. The van der Waals surface area contributed by atoms with Gasteiger partial charge in [0.2, 0.25) is 0 Å². The third-order valence-electron chi connectivity index (χ3n) is 5.68. The second-order valence-electron chi connectivity index (χ2n) is 8.65. The zero-order valence-electron chi connectivity index (χ0n) is 16.1. The largest absolute Gasteiger partial charge is 0.444 e. The molecule has 0 aromatic rings. The number of hydrogen-bond donors (Lipinski definition) is 0. The molecule has 0 aromatic heterocycles. The van der Waals surface area contributed by atoms with E-state index in [0.717, 1.165) is 44.9 Å². The summed E-state index contributed by atoms with van der Waals surface area (Å²) < 4.78 is 5.61. The topological polar surface area (TPSA) is 46.6 Å². The van der Waals surface area contributed by atoms with Crippen LogP contribution in [0.5, 0.6) is 0 Å². The molecule has 0 saturated carbocycles. The van der Waals surface area contributed by atoms with Gasteiger partial charge in [-0.15, -0.1) is 0 Å². The average molecular weight is 338 g/mol. The lowest BCUT2D eigenvalue weighted by Gasteiger charge is -2.48. The number of piperidine rings is 2. The van der Waals surface area contributed by atoms with E-state index in [2.05, 4.69) is 13.8 Å². The third-order valence-corrected chi connectivity index (χ3v) is 5.68. The molecule has 2 aliphatic heterocycles. The van der Waals surface area contributed by atoms with Crippen molar-refractivity contribution in [3.05, 3.63) is 0 Å². The Kier molecular flexibility index (Phi) is 6.33. The number of ketones is 1. The molecule has 2 heterocycles. The van der Waals surface area contributed by atoms with E-state index in [1.165, 1.54) is 0 Å². The molecule has 2 unspecified atom stereocenters. The summed E-state index contributed by atoms with van der Waals surface area (Å²) in [4.78, 5) is 27.3. The molecule has 1 amide bonds. The van der Waals surface area contributed by atoms with E-state index in [4.69, 9.17) is 4.74 Å². The van der Waals surface area contributed by atoms with Crippen LogP contribution in [0.15, 0.2) is 0 Å². The maximum absolute atomic E-state index is 12.7. The normalized spacial score (nSPS) is 27.2. The molecule has 24 heavy (non-hydrogen) atoms. The van der Waals surface area contributed by atoms with Crippen LogP contribution in [-0.2, 0) is 9.53 Å². The van der Waals surface area contributed by atoms with Gasteiger partial charge in [-0.05, 0) is 58.8 Å². The zero-order valence-corrected chi connectivity index (χ0v) is 16.1. The lowest BCUT2D eigenvalue weighted by atomic mass is 9.75. The number of Topliss-reactive ketones (excluding diaryl/α,β-unsaturated/α-hetero) is 1. The summed E-state index contributed by atoms with van der Waals surface area (Å²) in [5.41, 5.74) is -0.465. The van der Waals surface area contributed by atoms with E-state index in [-0.39, 0.29) is 24.1 Å². The van der Waals surface area contributed by atoms with Crippen LogP contribution < -0.4 is 0 Å². The molecule has 2 fully saturated rings.